The van der Waals surface area contributed by atoms with Crippen molar-refractivity contribution in [2.45, 2.75) is 12.1 Å². The number of nitrogens with one attached hydrogen (secondary N) is 1. The van der Waals surface area contributed by atoms with E-state index in [1.807, 2.05) is 66.7 Å². The molecule has 0 spiro atoms. The lowest BCUT2D eigenvalue weighted by molar-refractivity contribution is -0.385. The number of aliphatic hydroxyl groups is 1. The van der Waals surface area contributed by atoms with E-state index >= 15 is 0 Å². The van der Waals surface area contributed by atoms with E-state index in [4.69, 9.17) is 0 Å². The average Bonchev–Trinajstić information content (AvgIpc) is 3.03. The Labute approximate surface area is 156 Å². The van der Waals surface area contributed by atoms with Gasteiger partial charge in [0.15, 0.2) is 0 Å². The Balaban J connectivity index is 1.72. The second-order valence-corrected chi connectivity index (χ2v) is 6.48. The molecule has 1 heterocycles. The van der Waals surface area contributed by atoms with Crippen molar-refractivity contribution in [2.75, 3.05) is 5.32 Å². The van der Waals surface area contributed by atoms with Crippen molar-refractivity contribution in [3.63, 3.8) is 0 Å². The van der Waals surface area contributed by atoms with Gasteiger partial charge in [0.05, 0.1) is 16.5 Å². The molecule has 0 aromatic heterocycles. The molecule has 4 rings (SSSR count). The number of hydrogen-bond acceptors (Lipinski definition) is 4. The minimum Gasteiger partial charge on any atom is -0.386 e. The summed E-state index contributed by atoms with van der Waals surface area (Å²) in [6, 6.07) is 22.1. The van der Waals surface area contributed by atoms with Crippen LogP contribution in [-0.2, 0) is 0 Å². The summed E-state index contributed by atoms with van der Waals surface area (Å²) >= 11 is 0. The van der Waals surface area contributed by atoms with Gasteiger partial charge in [0.25, 0.3) is 5.69 Å². The lowest BCUT2D eigenvalue weighted by atomic mass is 9.98. The van der Waals surface area contributed by atoms with Crippen LogP contribution in [0.2, 0.25) is 0 Å². The van der Waals surface area contributed by atoms with Gasteiger partial charge in [0.2, 0.25) is 0 Å². The number of nitro groups is 1. The molecule has 0 saturated heterocycles. The highest BCUT2D eigenvalue weighted by molar-refractivity contribution is 5.78. The van der Waals surface area contributed by atoms with Gasteiger partial charge in [0.1, 0.15) is 6.10 Å². The highest BCUT2D eigenvalue weighted by Crippen LogP contribution is 2.45. The highest BCUT2D eigenvalue weighted by atomic mass is 16.6. The number of fused-ring (bicyclic) bond motifs is 1. The predicted octanol–water partition coefficient (Wildman–Crippen LogP) is 4.97. The third-order valence-electron chi connectivity index (χ3n) is 4.75. The number of nitro benzene ring substituents is 1. The van der Waals surface area contributed by atoms with E-state index in [2.05, 4.69) is 5.32 Å². The van der Waals surface area contributed by atoms with Crippen molar-refractivity contribution in [3.8, 4) is 0 Å². The largest absolute Gasteiger partial charge is 0.386 e. The molecule has 0 bridgehead atoms. The van der Waals surface area contributed by atoms with Gasteiger partial charge >= 0.3 is 0 Å². The van der Waals surface area contributed by atoms with Gasteiger partial charge in [-0.15, -0.1) is 0 Å². The zero-order valence-corrected chi connectivity index (χ0v) is 14.4. The third-order valence-corrected chi connectivity index (χ3v) is 4.75. The topological polar surface area (TPSA) is 75.4 Å². The summed E-state index contributed by atoms with van der Waals surface area (Å²) < 4.78 is 0. The van der Waals surface area contributed by atoms with Crippen LogP contribution in [-0.4, -0.2) is 10.0 Å². The average molecular weight is 358 g/mol. The van der Waals surface area contributed by atoms with E-state index in [-0.39, 0.29) is 11.7 Å². The molecule has 5 heteroatoms. The first-order chi connectivity index (χ1) is 13.1. The molecule has 0 saturated carbocycles. The normalized spacial score (nSPS) is 18.3. The van der Waals surface area contributed by atoms with Crippen LogP contribution in [0.1, 0.15) is 34.4 Å². The molecule has 1 aliphatic heterocycles. The first-order valence-electron chi connectivity index (χ1n) is 8.68. The highest BCUT2D eigenvalue weighted by Gasteiger charge is 2.33. The van der Waals surface area contributed by atoms with Crippen molar-refractivity contribution in [2.24, 2.45) is 0 Å². The fourth-order valence-corrected chi connectivity index (χ4v) is 3.39. The van der Waals surface area contributed by atoms with Crippen molar-refractivity contribution >= 4 is 23.5 Å². The summed E-state index contributed by atoms with van der Waals surface area (Å²) in [4.78, 5) is 11.2. The molecule has 2 N–H and O–H groups in total. The monoisotopic (exact) mass is 358 g/mol. The van der Waals surface area contributed by atoms with Crippen molar-refractivity contribution in [1.29, 1.82) is 0 Å². The molecule has 134 valence electrons. The molecule has 2 unspecified atom stereocenters. The number of anilines is 1. The quantitative estimate of drug-likeness (QED) is 0.392. The molecular weight excluding hydrogens is 340 g/mol. The van der Waals surface area contributed by atoms with Crippen molar-refractivity contribution < 1.29 is 10.0 Å². The number of rotatable bonds is 4. The molecule has 0 aliphatic carbocycles. The molecule has 0 amide bonds. The molecule has 1 aliphatic rings. The smallest absolute Gasteiger partial charge is 0.278 e. The summed E-state index contributed by atoms with van der Waals surface area (Å²) in [5.74, 6) is 0. The lowest BCUT2D eigenvalue weighted by Gasteiger charge is -2.15. The number of hydrogen-bond donors (Lipinski definition) is 2. The lowest BCUT2D eigenvalue weighted by Crippen LogP contribution is -2.10. The van der Waals surface area contributed by atoms with E-state index in [0.29, 0.717) is 16.8 Å². The Morgan fingerprint density at radius 3 is 2.30 bits per heavy atom. The fourth-order valence-electron chi connectivity index (χ4n) is 3.39. The second kappa shape index (κ2) is 7.05. The molecule has 0 fully saturated rings. The van der Waals surface area contributed by atoms with Gasteiger partial charge in [-0.2, -0.15) is 0 Å². The number of aliphatic hydroxyl groups excluding tert-OH is 1. The zero-order chi connectivity index (χ0) is 18.8. The summed E-state index contributed by atoms with van der Waals surface area (Å²) in [5.41, 5.74) is 3.63. The Morgan fingerprint density at radius 2 is 1.63 bits per heavy atom. The van der Waals surface area contributed by atoms with Crippen LogP contribution in [0.4, 0.5) is 11.4 Å². The summed E-state index contributed by atoms with van der Waals surface area (Å²) in [5, 5.41) is 25.5. The van der Waals surface area contributed by atoms with E-state index in [0.717, 1.165) is 11.1 Å². The van der Waals surface area contributed by atoms with Gasteiger partial charge in [-0.1, -0.05) is 66.7 Å². The first kappa shape index (κ1) is 17.0. The number of nitrogens with zero attached hydrogens (tertiary/aromatic N) is 1. The second-order valence-electron chi connectivity index (χ2n) is 6.48. The van der Waals surface area contributed by atoms with Crippen LogP contribution < -0.4 is 5.32 Å². The van der Waals surface area contributed by atoms with E-state index in [1.54, 1.807) is 12.1 Å². The minimum absolute atomic E-state index is 0.00865. The van der Waals surface area contributed by atoms with Crippen LogP contribution >= 0.6 is 0 Å². The molecule has 27 heavy (non-hydrogen) atoms. The maximum atomic E-state index is 11.5. The molecule has 3 aromatic rings. The summed E-state index contributed by atoms with van der Waals surface area (Å²) in [6.45, 7) is 0. The maximum Gasteiger partial charge on any atom is 0.278 e. The summed E-state index contributed by atoms with van der Waals surface area (Å²) in [7, 11) is 0. The van der Waals surface area contributed by atoms with Crippen LogP contribution in [0.3, 0.4) is 0 Å². The Hall–Kier alpha value is -3.44. The zero-order valence-electron chi connectivity index (χ0n) is 14.4. The minimum atomic E-state index is -0.771. The number of benzene rings is 3. The van der Waals surface area contributed by atoms with Gasteiger partial charge in [0, 0.05) is 17.3 Å². The van der Waals surface area contributed by atoms with E-state index in [1.165, 1.54) is 6.07 Å². The predicted molar refractivity (Wildman–Crippen MR) is 106 cm³/mol. The van der Waals surface area contributed by atoms with Crippen molar-refractivity contribution in [3.05, 3.63) is 105 Å². The van der Waals surface area contributed by atoms with Gasteiger partial charge in [-0.3, -0.25) is 10.1 Å². The van der Waals surface area contributed by atoms with Gasteiger partial charge in [-0.25, -0.2) is 0 Å². The van der Waals surface area contributed by atoms with Gasteiger partial charge < -0.3 is 10.4 Å². The third kappa shape index (κ3) is 3.32. The molecular formula is C22H18N2O3. The van der Waals surface area contributed by atoms with Gasteiger partial charge in [-0.05, 0) is 23.3 Å². The van der Waals surface area contributed by atoms with Crippen molar-refractivity contribution in [1.82, 2.24) is 0 Å². The van der Waals surface area contributed by atoms with Crippen LogP contribution in [0.25, 0.3) is 12.2 Å². The maximum absolute atomic E-state index is 11.5. The summed E-state index contributed by atoms with van der Waals surface area (Å²) in [6.07, 6.45) is 2.78. The molecule has 0 radical (unpaired) electrons. The molecule has 3 aromatic carbocycles. The van der Waals surface area contributed by atoms with Crippen LogP contribution in [0, 0.1) is 10.1 Å². The first-order valence-corrected chi connectivity index (χ1v) is 8.68. The molecule has 5 nitrogen and oxygen atoms in total. The standard InChI is InChI=1S/C22H18N2O3/c25-22-18-13-17(12-11-15-7-3-1-4-8-15)20(24(26)27)14-19(18)23-21(22)16-9-5-2-6-10-16/h1-14,21-23,25H/b12-11+. The van der Waals surface area contributed by atoms with E-state index < -0.39 is 11.0 Å². The Kier molecular flexibility index (Phi) is 4.44. The van der Waals surface area contributed by atoms with Crippen LogP contribution in [0.15, 0.2) is 72.8 Å². The van der Waals surface area contributed by atoms with E-state index in [9.17, 15) is 15.2 Å². The Bertz CT molecular complexity index is 1000. The SMILES string of the molecule is O=[N+]([O-])c1cc2c(cc1/C=C/c1ccccc1)C(O)C(c1ccccc1)N2. The fraction of sp³-hybridized carbons (Fsp3) is 0.0909. The molecule has 2 atom stereocenters. The van der Waals surface area contributed by atoms with Crippen LogP contribution in [0.5, 0.6) is 0 Å². The Morgan fingerprint density at radius 1 is 0.963 bits per heavy atom.